The van der Waals surface area contributed by atoms with Crippen LogP contribution in [-0.4, -0.2) is 61.9 Å². The van der Waals surface area contributed by atoms with Crippen LogP contribution in [-0.2, 0) is 10.0 Å². The third kappa shape index (κ3) is 5.88. The molecule has 0 bridgehead atoms. The number of nitrogens with zero attached hydrogens (tertiary/aromatic N) is 2. The zero-order chi connectivity index (χ0) is 22.6. The first-order valence-electron chi connectivity index (χ1n) is 10.2. The van der Waals surface area contributed by atoms with Crippen LogP contribution in [0.15, 0.2) is 53.4 Å². The van der Waals surface area contributed by atoms with Crippen molar-refractivity contribution in [2.45, 2.75) is 24.7 Å². The highest BCUT2D eigenvalue weighted by atomic mass is 32.2. The standard InChI is InChI=1S/C22H28N4O3S2/c1-16(2)17-4-6-18(7-5-17)21(27)24-22(30)23-19-8-10-20(11-9-19)31(28,29)26-14-12-25(3)13-15-26/h4-11,16H,12-15H2,1-3H3,(H2,23,24,27,30). The van der Waals surface area contributed by atoms with E-state index in [4.69, 9.17) is 12.2 Å². The molecule has 2 N–H and O–H groups in total. The van der Waals surface area contributed by atoms with Crippen molar-refractivity contribution in [2.75, 3.05) is 38.5 Å². The largest absolute Gasteiger partial charge is 0.332 e. The predicted octanol–water partition coefficient (Wildman–Crippen LogP) is 2.87. The van der Waals surface area contributed by atoms with Gasteiger partial charge in [0.25, 0.3) is 5.91 Å². The third-order valence-corrected chi connectivity index (χ3v) is 7.40. The van der Waals surface area contributed by atoms with Crippen LogP contribution in [0.5, 0.6) is 0 Å². The SMILES string of the molecule is CC(C)c1ccc(C(=O)NC(=S)Nc2ccc(S(=O)(=O)N3CCN(C)CC3)cc2)cc1. The fraction of sp³-hybridized carbons (Fsp3) is 0.364. The molecule has 3 rings (SSSR count). The summed E-state index contributed by atoms with van der Waals surface area (Å²) in [5.41, 5.74) is 2.27. The van der Waals surface area contributed by atoms with Crippen molar-refractivity contribution >= 4 is 38.9 Å². The molecular formula is C22H28N4O3S2. The Morgan fingerprint density at radius 3 is 2.10 bits per heavy atom. The maximum absolute atomic E-state index is 12.8. The van der Waals surface area contributed by atoms with E-state index >= 15 is 0 Å². The summed E-state index contributed by atoms with van der Waals surface area (Å²) in [6.07, 6.45) is 0. The minimum absolute atomic E-state index is 0.146. The lowest BCUT2D eigenvalue weighted by Crippen LogP contribution is -2.46. The van der Waals surface area contributed by atoms with Crippen LogP contribution in [0.2, 0.25) is 0 Å². The summed E-state index contributed by atoms with van der Waals surface area (Å²) in [6.45, 7) is 6.58. The molecule has 2 aromatic carbocycles. The summed E-state index contributed by atoms with van der Waals surface area (Å²) in [7, 11) is -1.54. The lowest BCUT2D eigenvalue weighted by Gasteiger charge is -2.31. The van der Waals surface area contributed by atoms with Gasteiger partial charge in [-0.2, -0.15) is 4.31 Å². The van der Waals surface area contributed by atoms with Crippen LogP contribution in [0.25, 0.3) is 0 Å². The summed E-state index contributed by atoms with van der Waals surface area (Å²) in [6, 6.07) is 13.8. The maximum Gasteiger partial charge on any atom is 0.257 e. The number of likely N-dealkylation sites (N-methyl/N-ethyl adjacent to an activating group) is 1. The molecule has 166 valence electrons. The van der Waals surface area contributed by atoms with E-state index < -0.39 is 10.0 Å². The van der Waals surface area contributed by atoms with Gasteiger partial charge in [0.2, 0.25) is 10.0 Å². The topological polar surface area (TPSA) is 81.8 Å². The molecule has 1 heterocycles. The monoisotopic (exact) mass is 460 g/mol. The van der Waals surface area contributed by atoms with Gasteiger partial charge >= 0.3 is 0 Å². The maximum atomic E-state index is 12.8. The zero-order valence-corrected chi connectivity index (χ0v) is 19.6. The van der Waals surface area contributed by atoms with E-state index in [0.717, 1.165) is 5.56 Å². The molecule has 2 aromatic rings. The number of anilines is 1. The molecule has 1 aliphatic rings. The first kappa shape index (κ1) is 23.3. The Labute approximate surface area is 189 Å². The second kappa shape index (κ2) is 9.86. The predicted molar refractivity (Wildman–Crippen MR) is 127 cm³/mol. The molecule has 0 atom stereocenters. The lowest BCUT2D eigenvalue weighted by molar-refractivity contribution is 0.0977. The molecular weight excluding hydrogens is 432 g/mol. The lowest BCUT2D eigenvalue weighted by atomic mass is 10.0. The average molecular weight is 461 g/mol. The van der Waals surface area contributed by atoms with E-state index in [0.29, 0.717) is 43.3 Å². The van der Waals surface area contributed by atoms with Crippen molar-refractivity contribution in [3.05, 3.63) is 59.7 Å². The summed E-state index contributed by atoms with van der Waals surface area (Å²) < 4.78 is 27.1. The number of nitrogens with one attached hydrogen (secondary N) is 2. The van der Waals surface area contributed by atoms with Crippen molar-refractivity contribution in [1.82, 2.24) is 14.5 Å². The molecule has 1 saturated heterocycles. The highest BCUT2D eigenvalue weighted by Gasteiger charge is 2.27. The number of carbonyl (C=O) groups is 1. The molecule has 0 radical (unpaired) electrons. The molecule has 31 heavy (non-hydrogen) atoms. The highest BCUT2D eigenvalue weighted by Crippen LogP contribution is 2.20. The quantitative estimate of drug-likeness (QED) is 0.668. The molecule has 1 amide bonds. The van der Waals surface area contributed by atoms with Gasteiger partial charge < -0.3 is 10.2 Å². The van der Waals surface area contributed by atoms with Crippen molar-refractivity contribution in [3.63, 3.8) is 0 Å². The van der Waals surface area contributed by atoms with E-state index in [9.17, 15) is 13.2 Å². The van der Waals surface area contributed by atoms with Gasteiger partial charge in [0.1, 0.15) is 0 Å². The van der Waals surface area contributed by atoms with Crippen molar-refractivity contribution in [3.8, 4) is 0 Å². The van der Waals surface area contributed by atoms with E-state index in [2.05, 4.69) is 29.4 Å². The van der Waals surface area contributed by atoms with E-state index in [1.807, 2.05) is 19.2 Å². The van der Waals surface area contributed by atoms with Crippen molar-refractivity contribution in [1.29, 1.82) is 0 Å². The summed E-state index contributed by atoms with van der Waals surface area (Å²) in [5, 5.41) is 5.71. The number of benzene rings is 2. The Morgan fingerprint density at radius 2 is 1.55 bits per heavy atom. The average Bonchev–Trinajstić information content (AvgIpc) is 2.74. The Balaban J connectivity index is 1.59. The Kier molecular flexibility index (Phi) is 7.42. The molecule has 1 aliphatic heterocycles. The highest BCUT2D eigenvalue weighted by molar-refractivity contribution is 7.89. The van der Waals surface area contributed by atoms with E-state index in [1.54, 1.807) is 36.4 Å². The Hall–Kier alpha value is -2.33. The van der Waals surface area contributed by atoms with E-state index in [1.165, 1.54) is 4.31 Å². The van der Waals surface area contributed by atoms with Crippen LogP contribution in [0, 0.1) is 0 Å². The second-order valence-electron chi connectivity index (χ2n) is 7.92. The van der Waals surface area contributed by atoms with Crippen LogP contribution < -0.4 is 10.6 Å². The van der Waals surface area contributed by atoms with Gasteiger partial charge in [-0.15, -0.1) is 0 Å². The summed E-state index contributed by atoms with van der Waals surface area (Å²) in [5.74, 6) is 0.0879. The Morgan fingerprint density at radius 1 is 0.968 bits per heavy atom. The molecule has 9 heteroatoms. The number of piperazine rings is 1. The number of hydrogen-bond acceptors (Lipinski definition) is 5. The minimum atomic E-state index is -3.52. The molecule has 0 spiro atoms. The normalized spacial score (nSPS) is 15.6. The number of thiocarbonyl (C=S) groups is 1. The second-order valence-corrected chi connectivity index (χ2v) is 10.3. The van der Waals surface area contributed by atoms with E-state index in [-0.39, 0.29) is 15.9 Å². The Bertz CT molecular complexity index is 1030. The van der Waals surface area contributed by atoms with Crippen LogP contribution in [0.1, 0.15) is 35.7 Å². The fourth-order valence-corrected chi connectivity index (χ4v) is 4.88. The number of carbonyl (C=O) groups excluding carboxylic acids is 1. The molecule has 0 aliphatic carbocycles. The number of amides is 1. The first-order chi connectivity index (χ1) is 14.7. The molecule has 7 nitrogen and oxygen atoms in total. The smallest absolute Gasteiger partial charge is 0.257 e. The molecule has 0 aromatic heterocycles. The van der Waals surface area contributed by atoms with Crippen molar-refractivity contribution < 1.29 is 13.2 Å². The van der Waals surface area contributed by atoms with Gasteiger partial charge in [0, 0.05) is 37.4 Å². The first-order valence-corrected chi connectivity index (χ1v) is 12.0. The van der Waals surface area contributed by atoms with Gasteiger partial charge in [0.05, 0.1) is 4.90 Å². The van der Waals surface area contributed by atoms with Gasteiger partial charge in [-0.1, -0.05) is 26.0 Å². The van der Waals surface area contributed by atoms with Crippen LogP contribution >= 0.6 is 12.2 Å². The van der Waals surface area contributed by atoms with Crippen LogP contribution in [0.3, 0.4) is 0 Å². The van der Waals surface area contributed by atoms with Gasteiger partial charge in [-0.3, -0.25) is 10.1 Å². The third-order valence-electron chi connectivity index (χ3n) is 5.28. The zero-order valence-electron chi connectivity index (χ0n) is 18.0. The van der Waals surface area contributed by atoms with Gasteiger partial charge in [-0.05, 0) is 67.1 Å². The molecule has 0 saturated carbocycles. The van der Waals surface area contributed by atoms with Gasteiger partial charge in [0.15, 0.2) is 5.11 Å². The number of sulfonamides is 1. The number of rotatable bonds is 5. The minimum Gasteiger partial charge on any atom is -0.332 e. The van der Waals surface area contributed by atoms with Crippen LogP contribution in [0.4, 0.5) is 5.69 Å². The summed E-state index contributed by atoms with van der Waals surface area (Å²) in [4.78, 5) is 14.7. The summed E-state index contributed by atoms with van der Waals surface area (Å²) >= 11 is 5.23. The molecule has 0 unspecified atom stereocenters. The number of hydrogen-bond donors (Lipinski definition) is 2. The van der Waals surface area contributed by atoms with Crippen molar-refractivity contribution in [2.24, 2.45) is 0 Å². The molecule has 1 fully saturated rings. The fourth-order valence-electron chi connectivity index (χ4n) is 3.24. The van der Waals surface area contributed by atoms with Gasteiger partial charge in [-0.25, -0.2) is 8.42 Å².